The van der Waals surface area contributed by atoms with Gasteiger partial charge in [0.1, 0.15) is 4.90 Å². The lowest BCUT2D eigenvalue weighted by Crippen LogP contribution is -2.27. The third-order valence-electron chi connectivity index (χ3n) is 5.08. The number of benzene rings is 3. The maximum Gasteiger partial charge on any atom is 0.339 e. The standard InChI is InChI=1S/C24H18N2O8S2/c1-33-21-13-17(9-12-20(21)34-36(31,32)19-5-3-2-4-6-19)14-22-23(27)25(24(28)35-22)15-16-7-10-18(11-8-16)26(29)30/h2-14H,15H2,1H3/b22-14-. The van der Waals surface area contributed by atoms with Crippen LogP contribution in [0, 0.1) is 10.1 Å². The van der Waals surface area contributed by atoms with Gasteiger partial charge in [0.15, 0.2) is 11.5 Å². The average Bonchev–Trinajstić information content (AvgIpc) is 3.13. The monoisotopic (exact) mass is 526 g/mol. The number of amides is 2. The fourth-order valence-corrected chi connectivity index (χ4v) is 5.09. The molecule has 3 aromatic carbocycles. The van der Waals surface area contributed by atoms with Gasteiger partial charge in [-0.05, 0) is 53.2 Å². The van der Waals surface area contributed by atoms with Crippen LogP contribution in [0.25, 0.3) is 6.08 Å². The Morgan fingerprint density at radius 3 is 2.33 bits per heavy atom. The summed E-state index contributed by atoms with van der Waals surface area (Å²) in [6.07, 6.45) is 1.48. The lowest BCUT2D eigenvalue weighted by molar-refractivity contribution is -0.384. The second-order valence-corrected chi connectivity index (χ2v) is 9.99. The lowest BCUT2D eigenvalue weighted by Gasteiger charge is -2.12. The Morgan fingerprint density at radius 2 is 1.69 bits per heavy atom. The molecular weight excluding hydrogens is 508 g/mol. The van der Waals surface area contributed by atoms with E-state index in [0.717, 1.165) is 16.7 Å². The average molecular weight is 527 g/mol. The number of imide groups is 1. The molecule has 1 heterocycles. The molecule has 0 bridgehead atoms. The zero-order valence-corrected chi connectivity index (χ0v) is 20.3. The number of hydrogen-bond donors (Lipinski definition) is 0. The molecule has 36 heavy (non-hydrogen) atoms. The summed E-state index contributed by atoms with van der Waals surface area (Å²) >= 11 is 0.751. The van der Waals surface area contributed by atoms with Crippen molar-refractivity contribution >= 4 is 44.8 Å². The van der Waals surface area contributed by atoms with Gasteiger partial charge in [-0.25, -0.2) is 0 Å². The second kappa shape index (κ2) is 10.2. The first-order chi connectivity index (χ1) is 17.2. The minimum atomic E-state index is -4.08. The van der Waals surface area contributed by atoms with Crippen molar-refractivity contribution in [3.63, 3.8) is 0 Å². The van der Waals surface area contributed by atoms with Crippen LogP contribution in [-0.2, 0) is 21.5 Å². The summed E-state index contributed by atoms with van der Waals surface area (Å²) in [4.78, 5) is 36.7. The summed E-state index contributed by atoms with van der Waals surface area (Å²) in [7, 11) is -2.74. The van der Waals surface area contributed by atoms with Gasteiger partial charge in [0, 0.05) is 12.1 Å². The van der Waals surface area contributed by atoms with Gasteiger partial charge in [0.05, 0.1) is 23.5 Å². The fourth-order valence-electron chi connectivity index (χ4n) is 3.29. The Hall–Kier alpha value is -4.16. The molecule has 12 heteroatoms. The van der Waals surface area contributed by atoms with Gasteiger partial charge in [-0.15, -0.1) is 0 Å². The highest BCUT2D eigenvalue weighted by Crippen LogP contribution is 2.36. The molecule has 0 radical (unpaired) electrons. The third-order valence-corrected chi connectivity index (χ3v) is 7.23. The minimum Gasteiger partial charge on any atom is -0.493 e. The van der Waals surface area contributed by atoms with Gasteiger partial charge >= 0.3 is 10.1 Å². The summed E-state index contributed by atoms with van der Waals surface area (Å²) in [5.74, 6) is -0.438. The number of carbonyl (C=O) groups excluding carboxylic acids is 2. The number of non-ortho nitro benzene ring substituents is 1. The first-order valence-corrected chi connectivity index (χ1v) is 12.6. The smallest absolute Gasteiger partial charge is 0.339 e. The third kappa shape index (κ3) is 5.39. The predicted octanol–water partition coefficient (Wildman–Crippen LogP) is 4.61. The van der Waals surface area contributed by atoms with Gasteiger partial charge in [0.2, 0.25) is 0 Å². The molecule has 1 saturated heterocycles. The van der Waals surface area contributed by atoms with Crippen LogP contribution in [0.1, 0.15) is 11.1 Å². The van der Waals surface area contributed by atoms with Gasteiger partial charge in [-0.1, -0.05) is 36.4 Å². The molecule has 0 aliphatic carbocycles. The zero-order valence-electron chi connectivity index (χ0n) is 18.7. The molecule has 1 aliphatic rings. The van der Waals surface area contributed by atoms with E-state index in [0.29, 0.717) is 11.1 Å². The Bertz CT molecular complexity index is 1470. The van der Waals surface area contributed by atoms with Crippen molar-refractivity contribution in [1.82, 2.24) is 4.90 Å². The zero-order chi connectivity index (χ0) is 25.9. The van der Waals surface area contributed by atoms with Crippen LogP contribution in [0.15, 0.2) is 82.6 Å². The predicted molar refractivity (Wildman–Crippen MR) is 132 cm³/mol. The van der Waals surface area contributed by atoms with Gasteiger partial charge in [-0.2, -0.15) is 8.42 Å². The Labute approximate surface area is 210 Å². The number of nitrogens with zero attached hydrogens (tertiary/aromatic N) is 2. The van der Waals surface area contributed by atoms with Crippen molar-refractivity contribution in [2.75, 3.05) is 7.11 Å². The van der Waals surface area contributed by atoms with E-state index in [1.54, 1.807) is 18.2 Å². The van der Waals surface area contributed by atoms with E-state index < -0.39 is 26.2 Å². The topological polar surface area (TPSA) is 133 Å². The van der Waals surface area contributed by atoms with Crippen LogP contribution in [0.3, 0.4) is 0 Å². The summed E-state index contributed by atoms with van der Waals surface area (Å²) in [5, 5.41) is 10.3. The lowest BCUT2D eigenvalue weighted by atomic mass is 10.1. The molecule has 1 fully saturated rings. The van der Waals surface area contributed by atoms with Crippen LogP contribution >= 0.6 is 11.8 Å². The van der Waals surface area contributed by atoms with Crippen molar-refractivity contribution < 1.29 is 31.9 Å². The molecule has 2 amide bonds. The number of thioether (sulfide) groups is 1. The van der Waals surface area contributed by atoms with Crippen molar-refractivity contribution in [1.29, 1.82) is 0 Å². The molecule has 10 nitrogen and oxygen atoms in total. The molecule has 0 N–H and O–H groups in total. The number of methoxy groups -OCH3 is 1. The Morgan fingerprint density at radius 1 is 1.00 bits per heavy atom. The first kappa shape index (κ1) is 24.9. The number of hydrogen-bond acceptors (Lipinski definition) is 9. The number of carbonyl (C=O) groups is 2. The normalized spacial score (nSPS) is 14.8. The molecule has 0 unspecified atom stereocenters. The highest BCUT2D eigenvalue weighted by atomic mass is 32.2. The molecule has 4 rings (SSSR count). The van der Waals surface area contributed by atoms with E-state index in [-0.39, 0.29) is 33.5 Å². The van der Waals surface area contributed by atoms with Crippen LogP contribution < -0.4 is 8.92 Å². The van der Waals surface area contributed by atoms with Crippen molar-refractivity contribution in [3.8, 4) is 11.5 Å². The molecule has 184 valence electrons. The first-order valence-electron chi connectivity index (χ1n) is 10.3. The molecular formula is C24H18N2O8S2. The Balaban J connectivity index is 1.52. The van der Waals surface area contributed by atoms with Crippen LogP contribution in [0.2, 0.25) is 0 Å². The summed E-state index contributed by atoms with van der Waals surface area (Å²) in [6, 6.07) is 17.6. The summed E-state index contributed by atoms with van der Waals surface area (Å²) in [5.41, 5.74) is 0.954. The van der Waals surface area contributed by atoms with Gasteiger partial charge in [0.25, 0.3) is 16.8 Å². The molecule has 0 aromatic heterocycles. The van der Waals surface area contributed by atoms with Gasteiger partial charge in [-0.3, -0.25) is 24.6 Å². The van der Waals surface area contributed by atoms with Crippen LogP contribution in [0.4, 0.5) is 10.5 Å². The highest BCUT2D eigenvalue weighted by molar-refractivity contribution is 8.18. The summed E-state index contributed by atoms with van der Waals surface area (Å²) in [6.45, 7) is -0.0343. The molecule has 0 atom stereocenters. The SMILES string of the molecule is COc1cc(/C=C2\SC(=O)N(Cc3ccc([N+](=O)[O-])cc3)C2=O)ccc1OS(=O)(=O)c1ccccc1. The van der Waals surface area contributed by atoms with Crippen molar-refractivity contribution in [3.05, 3.63) is 98.9 Å². The largest absolute Gasteiger partial charge is 0.493 e. The van der Waals surface area contributed by atoms with E-state index in [2.05, 4.69) is 0 Å². The maximum absolute atomic E-state index is 12.8. The highest BCUT2D eigenvalue weighted by Gasteiger charge is 2.35. The minimum absolute atomic E-state index is 0.0159. The van der Waals surface area contributed by atoms with Crippen molar-refractivity contribution in [2.45, 2.75) is 11.4 Å². The van der Waals surface area contributed by atoms with E-state index >= 15 is 0 Å². The second-order valence-electron chi connectivity index (χ2n) is 7.45. The fraction of sp³-hybridized carbons (Fsp3) is 0.0833. The molecule has 0 spiro atoms. The van der Waals surface area contributed by atoms with Crippen molar-refractivity contribution in [2.24, 2.45) is 0 Å². The number of nitro groups is 1. The van der Waals surface area contributed by atoms with Crippen LogP contribution in [0.5, 0.6) is 11.5 Å². The number of nitro benzene ring substituents is 1. The summed E-state index contributed by atoms with van der Waals surface area (Å²) < 4.78 is 35.6. The van der Waals surface area contributed by atoms with E-state index in [9.17, 15) is 28.1 Å². The molecule has 3 aromatic rings. The Kier molecular flexibility index (Phi) is 7.08. The quantitative estimate of drug-likeness (QED) is 0.179. The van der Waals surface area contributed by atoms with E-state index in [4.69, 9.17) is 8.92 Å². The van der Waals surface area contributed by atoms with Gasteiger partial charge < -0.3 is 8.92 Å². The molecule has 0 saturated carbocycles. The van der Waals surface area contributed by atoms with Crippen LogP contribution in [-0.4, -0.2) is 36.5 Å². The number of rotatable bonds is 8. The van der Waals surface area contributed by atoms with E-state index in [1.165, 1.54) is 67.8 Å². The van der Waals surface area contributed by atoms with E-state index in [1.807, 2.05) is 0 Å². The number of ether oxygens (including phenoxy) is 1. The molecule has 1 aliphatic heterocycles. The maximum atomic E-state index is 12.8.